The molecule has 0 bridgehead atoms. The molecule has 28 heavy (non-hydrogen) atoms. The number of benzene rings is 2. The molecule has 2 aromatic carbocycles. The van der Waals surface area contributed by atoms with E-state index in [4.69, 9.17) is 14.6 Å². The number of nitrogens with zero attached hydrogens (tertiary/aromatic N) is 1. The van der Waals surface area contributed by atoms with Gasteiger partial charge >= 0.3 is 5.97 Å². The average molecular weight is 463 g/mol. The Labute approximate surface area is 173 Å². The molecule has 0 atom stereocenters. The zero-order valence-corrected chi connectivity index (χ0v) is 17.0. The minimum absolute atomic E-state index is 0.236. The summed E-state index contributed by atoms with van der Waals surface area (Å²) in [4.78, 5) is 27.7. The normalized spacial score (nSPS) is 16.3. The second-order valence-corrected chi connectivity index (χ2v) is 7.44. The van der Waals surface area contributed by atoms with Gasteiger partial charge in [0.25, 0.3) is 5.91 Å². The third kappa shape index (κ3) is 5.14. The molecular weight excluding hydrogens is 448 g/mol. The number of aliphatic carboxylic acids is 1. The van der Waals surface area contributed by atoms with Crippen LogP contribution in [0.15, 0.2) is 56.8 Å². The first-order chi connectivity index (χ1) is 13.4. The fraction of sp³-hybridized carbons (Fsp3) is 0.105. The van der Waals surface area contributed by atoms with E-state index in [1.54, 1.807) is 55.7 Å². The van der Waals surface area contributed by atoms with Crippen molar-refractivity contribution in [2.45, 2.75) is 0 Å². The highest BCUT2D eigenvalue weighted by Crippen LogP contribution is 2.31. The molecule has 0 unspecified atom stereocenters. The van der Waals surface area contributed by atoms with Crippen LogP contribution in [0, 0.1) is 0 Å². The van der Waals surface area contributed by atoms with Crippen LogP contribution < -0.4 is 14.8 Å². The Kier molecular flexibility index (Phi) is 6.37. The van der Waals surface area contributed by atoms with E-state index in [9.17, 15) is 9.59 Å². The van der Waals surface area contributed by atoms with Gasteiger partial charge in [-0.15, -0.1) is 0 Å². The maximum atomic E-state index is 12.2. The lowest BCUT2D eigenvalue weighted by Gasteiger charge is -2.06. The maximum Gasteiger partial charge on any atom is 0.341 e. The predicted octanol–water partition coefficient (Wildman–Crippen LogP) is 3.81. The number of thioether (sulfide) groups is 1. The maximum absolute atomic E-state index is 12.2. The van der Waals surface area contributed by atoms with Crippen molar-refractivity contribution in [1.82, 2.24) is 5.32 Å². The molecule has 0 aromatic heterocycles. The van der Waals surface area contributed by atoms with E-state index in [0.717, 1.165) is 11.3 Å². The molecule has 7 nitrogen and oxygen atoms in total. The molecule has 1 fully saturated rings. The highest BCUT2D eigenvalue weighted by atomic mass is 79.9. The number of hydrogen-bond acceptors (Lipinski definition) is 6. The first-order valence-corrected chi connectivity index (χ1v) is 9.63. The van der Waals surface area contributed by atoms with Crippen LogP contribution >= 0.6 is 27.7 Å². The molecule has 1 amide bonds. The summed E-state index contributed by atoms with van der Waals surface area (Å²) < 4.78 is 10.9. The molecular formula is C19H15BrN2O5S. The van der Waals surface area contributed by atoms with Gasteiger partial charge in [-0.05, 0) is 75.7 Å². The molecule has 1 heterocycles. The van der Waals surface area contributed by atoms with E-state index in [0.29, 0.717) is 26.0 Å². The van der Waals surface area contributed by atoms with Crippen molar-refractivity contribution in [2.75, 3.05) is 13.7 Å². The average Bonchev–Trinajstić information content (AvgIpc) is 3.00. The summed E-state index contributed by atoms with van der Waals surface area (Å²) in [5.41, 5.74) is 1.46. The lowest BCUT2D eigenvalue weighted by Crippen LogP contribution is -2.19. The molecule has 9 heteroatoms. The summed E-state index contributed by atoms with van der Waals surface area (Å²) in [5, 5.41) is 11.9. The zero-order valence-electron chi connectivity index (χ0n) is 14.6. The molecule has 1 saturated heterocycles. The summed E-state index contributed by atoms with van der Waals surface area (Å²) in [6, 6.07) is 12.3. The Bertz CT molecular complexity index is 973. The van der Waals surface area contributed by atoms with E-state index in [1.807, 2.05) is 0 Å². The standard InChI is InChI=1S/C19H15BrN2O5S/c1-26-13-5-3-12(4-6-13)21-19-22-18(25)16(28-19)9-11-2-7-15(14(20)8-11)27-10-17(23)24/h2-9H,10H2,1H3,(H,23,24)(H,21,22,25)/b16-9+. The number of carbonyl (C=O) groups is 2. The number of amides is 1. The summed E-state index contributed by atoms with van der Waals surface area (Å²) in [5.74, 6) is -0.149. The molecule has 144 valence electrons. The molecule has 2 aromatic rings. The summed E-state index contributed by atoms with van der Waals surface area (Å²) in [7, 11) is 1.59. The predicted molar refractivity (Wildman–Crippen MR) is 111 cm³/mol. The molecule has 0 aliphatic carbocycles. The first kappa shape index (κ1) is 20.0. The smallest absolute Gasteiger partial charge is 0.341 e. The number of halogens is 1. The monoisotopic (exact) mass is 462 g/mol. The van der Waals surface area contributed by atoms with E-state index in [-0.39, 0.29) is 5.91 Å². The number of ether oxygens (including phenoxy) is 2. The number of hydrogen-bond donors (Lipinski definition) is 2. The number of nitrogens with one attached hydrogen (secondary N) is 1. The van der Waals surface area contributed by atoms with Crippen molar-refractivity contribution in [1.29, 1.82) is 0 Å². The molecule has 0 radical (unpaired) electrons. The van der Waals surface area contributed by atoms with Crippen LogP contribution in [0.5, 0.6) is 11.5 Å². The largest absolute Gasteiger partial charge is 0.497 e. The number of aliphatic imine (C=N–C) groups is 1. The lowest BCUT2D eigenvalue weighted by molar-refractivity contribution is -0.139. The minimum atomic E-state index is -1.05. The number of carboxylic acid groups (broad SMARTS) is 1. The second-order valence-electron chi connectivity index (χ2n) is 5.55. The topological polar surface area (TPSA) is 97.2 Å². The van der Waals surface area contributed by atoms with Crippen molar-refractivity contribution in [3.8, 4) is 11.5 Å². The Morgan fingerprint density at radius 1 is 1.29 bits per heavy atom. The van der Waals surface area contributed by atoms with Crippen molar-refractivity contribution in [3.05, 3.63) is 57.4 Å². The van der Waals surface area contributed by atoms with Gasteiger partial charge in [0.2, 0.25) is 0 Å². The highest BCUT2D eigenvalue weighted by molar-refractivity contribution is 9.10. The first-order valence-electron chi connectivity index (χ1n) is 8.02. The summed E-state index contributed by atoms with van der Waals surface area (Å²) in [6.07, 6.45) is 1.72. The SMILES string of the molecule is COc1ccc(N=C2NC(=O)/C(=C\c3ccc(OCC(=O)O)c(Br)c3)S2)cc1. The van der Waals surface area contributed by atoms with Crippen molar-refractivity contribution < 1.29 is 24.2 Å². The van der Waals surface area contributed by atoms with E-state index < -0.39 is 12.6 Å². The van der Waals surface area contributed by atoms with Crippen LogP contribution in [-0.2, 0) is 9.59 Å². The van der Waals surface area contributed by atoms with Crippen LogP contribution in [0.3, 0.4) is 0 Å². The number of carboxylic acids is 1. The molecule has 3 rings (SSSR count). The van der Waals surface area contributed by atoms with Crippen molar-refractivity contribution in [3.63, 3.8) is 0 Å². The van der Waals surface area contributed by atoms with Crippen LogP contribution in [0.4, 0.5) is 5.69 Å². The van der Waals surface area contributed by atoms with Gasteiger partial charge in [0.1, 0.15) is 11.5 Å². The van der Waals surface area contributed by atoms with E-state index in [2.05, 4.69) is 26.2 Å². The number of carbonyl (C=O) groups excluding carboxylic acids is 1. The Morgan fingerprint density at radius 2 is 2.04 bits per heavy atom. The Hall–Kier alpha value is -2.78. The van der Waals surface area contributed by atoms with Gasteiger partial charge in [-0.2, -0.15) is 0 Å². The lowest BCUT2D eigenvalue weighted by atomic mass is 10.2. The van der Waals surface area contributed by atoms with Crippen molar-refractivity contribution >= 4 is 56.5 Å². The molecule has 1 aliphatic heterocycles. The van der Waals surface area contributed by atoms with E-state index >= 15 is 0 Å². The third-order valence-corrected chi connectivity index (χ3v) is 5.09. The number of amidine groups is 1. The Morgan fingerprint density at radius 3 is 2.68 bits per heavy atom. The van der Waals surface area contributed by atoms with Gasteiger partial charge in [0.05, 0.1) is 22.2 Å². The Balaban J connectivity index is 1.73. The van der Waals surface area contributed by atoms with Gasteiger partial charge in [0, 0.05) is 0 Å². The van der Waals surface area contributed by atoms with Crippen molar-refractivity contribution in [2.24, 2.45) is 4.99 Å². The summed E-state index contributed by atoms with van der Waals surface area (Å²) in [6.45, 7) is -0.428. The fourth-order valence-corrected chi connectivity index (χ4v) is 3.62. The van der Waals surface area contributed by atoms with Gasteiger partial charge < -0.3 is 19.9 Å². The number of rotatable bonds is 6. The summed E-state index contributed by atoms with van der Waals surface area (Å²) >= 11 is 4.58. The second kappa shape index (κ2) is 8.94. The van der Waals surface area contributed by atoms with Crippen LogP contribution in [0.2, 0.25) is 0 Å². The van der Waals surface area contributed by atoms with Crippen LogP contribution in [-0.4, -0.2) is 35.9 Å². The highest BCUT2D eigenvalue weighted by Gasteiger charge is 2.23. The number of methoxy groups -OCH3 is 1. The molecule has 1 aliphatic rings. The molecule has 0 spiro atoms. The van der Waals surface area contributed by atoms with Gasteiger partial charge in [0.15, 0.2) is 11.8 Å². The van der Waals surface area contributed by atoms with Crippen LogP contribution in [0.1, 0.15) is 5.56 Å². The van der Waals surface area contributed by atoms with Gasteiger partial charge in [-0.25, -0.2) is 9.79 Å². The fourth-order valence-electron chi connectivity index (χ4n) is 2.27. The minimum Gasteiger partial charge on any atom is -0.497 e. The zero-order chi connectivity index (χ0) is 20.1. The van der Waals surface area contributed by atoms with Gasteiger partial charge in [-0.1, -0.05) is 6.07 Å². The van der Waals surface area contributed by atoms with E-state index in [1.165, 1.54) is 11.8 Å². The van der Waals surface area contributed by atoms with Crippen LogP contribution in [0.25, 0.3) is 6.08 Å². The third-order valence-electron chi connectivity index (χ3n) is 3.56. The quantitative estimate of drug-likeness (QED) is 0.633. The molecule has 2 N–H and O–H groups in total. The van der Waals surface area contributed by atoms with Gasteiger partial charge in [-0.3, -0.25) is 4.79 Å². The molecule has 0 saturated carbocycles.